The SMILES string of the molecule is C.O[C@]12C=C(C3NCCc4c3[nH]c3ccccc43)[C@@H]3CCN(CCCC/C=C\CC1)C[C@@]31CC3/C=C\CCCC[NH+]3C12. The second kappa shape index (κ2) is 11.4. The van der Waals surface area contributed by atoms with Gasteiger partial charge < -0.3 is 25.2 Å². The summed E-state index contributed by atoms with van der Waals surface area (Å²) in [5.74, 6) is 0.508. The zero-order valence-electron chi connectivity index (χ0n) is 24.7. The third-order valence-electron chi connectivity index (χ3n) is 11.9. The first-order valence-electron chi connectivity index (χ1n) is 16.8. The Labute approximate surface area is 253 Å². The molecule has 6 heterocycles. The zero-order valence-corrected chi connectivity index (χ0v) is 24.7. The summed E-state index contributed by atoms with van der Waals surface area (Å²) in [6.07, 6.45) is 25.0. The largest absolute Gasteiger partial charge is 0.379 e. The van der Waals surface area contributed by atoms with Gasteiger partial charge in [-0.3, -0.25) is 0 Å². The van der Waals surface area contributed by atoms with Crippen LogP contribution in [0.5, 0.6) is 0 Å². The van der Waals surface area contributed by atoms with Gasteiger partial charge in [0, 0.05) is 36.1 Å². The number of aromatic amines is 1. The van der Waals surface area contributed by atoms with Crippen LogP contribution < -0.4 is 10.2 Å². The van der Waals surface area contributed by atoms with Gasteiger partial charge in [0.2, 0.25) is 0 Å². The van der Waals surface area contributed by atoms with E-state index in [1.807, 2.05) is 0 Å². The van der Waals surface area contributed by atoms with Crippen molar-refractivity contribution in [1.29, 1.82) is 0 Å². The average molecular weight is 570 g/mol. The Morgan fingerprint density at radius 2 is 1.83 bits per heavy atom. The molecule has 3 bridgehead atoms. The molecule has 1 aromatic heterocycles. The Kier molecular flexibility index (Phi) is 7.75. The summed E-state index contributed by atoms with van der Waals surface area (Å²) in [5.41, 5.74) is 4.90. The molecule has 5 nitrogen and oxygen atoms in total. The van der Waals surface area contributed by atoms with Crippen LogP contribution >= 0.6 is 0 Å². The molecule has 1 aliphatic carbocycles. The summed E-state index contributed by atoms with van der Waals surface area (Å²) >= 11 is 0. The first kappa shape index (κ1) is 28.6. The Bertz CT molecular complexity index is 1370. The molecule has 5 aliphatic heterocycles. The van der Waals surface area contributed by atoms with Crippen LogP contribution in [0.15, 0.2) is 60.2 Å². The van der Waals surface area contributed by atoms with E-state index in [1.165, 1.54) is 98.7 Å². The minimum absolute atomic E-state index is 0. The minimum Gasteiger partial charge on any atom is -0.379 e. The molecule has 1 aromatic carbocycles. The van der Waals surface area contributed by atoms with Gasteiger partial charge in [0.05, 0.1) is 18.0 Å². The topological polar surface area (TPSA) is 55.7 Å². The van der Waals surface area contributed by atoms with Gasteiger partial charge in [0.25, 0.3) is 0 Å². The number of hydrogen-bond acceptors (Lipinski definition) is 3. The van der Waals surface area contributed by atoms with Gasteiger partial charge in [0.15, 0.2) is 0 Å². The van der Waals surface area contributed by atoms with Crippen molar-refractivity contribution in [2.45, 2.75) is 102 Å². The standard InChI is InChI=1S/C36H48N4O.CH4/c41-36-18-10-4-1-2-5-11-20-39-22-17-30(35(25-39)23-26-13-7-3-6-12-21-40(26)34(35)36)29(24-36)32-33-28(16-19-37-32)27-14-8-9-15-31(27)38-33;/h1,4,7-9,13-15,24,26,30,32,34,37-38,41H,2-3,5-6,10-12,16-23,25H2;1H4/p+1/b4-1-,13-7-;/t26?,30-,32?,34?,35-,36-;/m0./s1. The van der Waals surface area contributed by atoms with Gasteiger partial charge in [-0.2, -0.15) is 0 Å². The molecule has 4 N–H and O–H groups in total. The number of nitrogens with one attached hydrogen (secondary N) is 3. The van der Waals surface area contributed by atoms with E-state index in [9.17, 15) is 5.11 Å². The lowest BCUT2D eigenvalue weighted by Gasteiger charge is -2.57. The Morgan fingerprint density at radius 3 is 2.79 bits per heavy atom. The lowest BCUT2D eigenvalue weighted by molar-refractivity contribution is -0.940. The van der Waals surface area contributed by atoms with Crippen molar-refractivity contribution in [1.82, 2.24) is 15.2 Å². The lowest BCUT2D eigenvalue weighted by Crippen LogP contribution is -3.20. The smallest absolute Gasteiger partial charge is 0.135 e. The number of aliphatic hydroxyl groups is 1. The van der Waals surface area contributed by atoms with E-state index in [4.69, 9.17) is 0 Å². The molecule has 0 amide bonds. The van der Waals surface area contributed by atoms with Crippen LogP contribution in [-0.4, -0.2) is 65.4 Å². The number of fused-ring (bicyclic) bond motifs is 5. The summed E-state index contributed by atoms with van der Waals surface area (Å²) in [5, 5.41) is 18.5. The zero-order chi connectivity index (χ0) is 27.4. The molecule has 5 unspecified atom stereocenters. The number of benzene rings is 1. The molecule has 8 atom stereocenters. The monoisotopic (exact) mass is 569 g/mol. The number of hydrogen-bond donors (Lipinski definition) is 4. The van der Waals surface area contributed by atoms with E-state index < -0.39 is 5.60 Å². The van der Waals surface area contributed by atoms with Crippen molar-refractivity contribution in [2.24, 2.45) is 11.3 Å². The van der Waals surface area contributed by atoms with Crippen LogP contribution in [0.1, 0.15) is 88.9 Å². The maximum Gasteiger partial charge on any atom is 0.135 e. The van der Waals surface area contributed by atoms with Crippen molar-refractivity contribution in [3.05, 3.63) is 71.5 Å². The van der Waals surface area contributed by atoms with Crippen molar-refractivity contribution in [3.63, 3.8) is 0 Å². The highest BCUT2D eigenvalue weighted by atomic mass is 16.3. The Balaban J connectivity index is 0.00000288. The van der Waals surface area contributed by atoms with Gasteiger partial charge in [0.1, 0.15) is 17.7 Å². The average Bonchev–Trinajstić information content (AvgIpc) is 3.49. The van der Waals surface area contributed by atoms with E-state index in [-0.39, 0.29) is 24.9 Å². The van der Waals surface area contributed by atoms with E-state index in [0.717, 1.165) is 32.4 Å². The molecule has 8 rings (SSSR count). The van der Waals surface area contributed by atoms with E-state index in [1.54, 1.807) is 4.90 Å². The molecule has 42 heavy (non-hydrogen) atoms. The molecule has 1 spiro atoms. The molecule has 2 saturated heterocycles. The first-order valence-corrected chi connectivity index (χ1v) is 16.8. The van der Waals surface area contributed by atoms with Crippen LogP contribution in [0.2, 0.25) is 0 Å². The number of quaternary nitrogens is 1. The van der Waals surface area contributed by atoms with E-state index in [0.29, 0.717) is 12.0 Å². The van der Waals surface area contributed by atoms with Crippen molar-refractivity contribution in [3.8, 4) is 0 Å². The molecule has 5 heteroatoms. The van der Waals surface area contributed by atoms with Crippen LogP contribution in [0.25, 0.3) is 10.9 Å². The number of para-hydroxylation sites is 1. The molecular weight excluding hydrogens is 516 g/mol. The third kappa shape index (κ3) is 4.58. The van der Waals surface area contributed by atoms with Crippen molar-refractivity contribution < 1.29 is 10.0 Å². The predicted octanol–water partition coefficient (Wildman–Crippen LogP) is 5.26. The van der Waals surface area contributed by atoms with Crippen molar-refractivity contribution in [2.75, 3.05) is 32.7 Å². The molecule has 2 fully saturated rings. The fourth-order valence-electron chi connectivity index (χ4n) is 10.4. The quantitative estimate of drug-likeness (QED) is 0.355. The van der Waals surface area contributed by atoms with Crippen molar-refractivity contribution >= 4 is 10.9 Å². The summed E-state index contributed by atoms with van der Waals surface area (Å²) in [6, 6.07) is 9.80. The number of nitrogens with zero attached hydrogens (tertiary/aromatic N) is 1. The Hall–Kier alpha value is -2.18. The highest BCUT2D eigenvalue weighted by molar-refractivity contribution is 5.85. The second-order valence-electron chi connectivity index (χ2n) is 14.2. The summed E-state index contributed by atoms with van der Waals surface area (Å²) < 4.78 is 0. The summed E-state index contributed by atoms with van der Waals surface area (Å²) in [4.78, 5) is 8.37. The molecule has 2 aromatic rings. The van der Waals surface area contributed by atoms with Gasteiger partial charge in [-0.25, -0.2) is 0 Å². The lowest BCUT2D eigenvalue weighted by atomic mass is 9.54. The number of rotatable bonds is 1. The maximum absolute atomic E-state index is 13.1. The third-order valence-corrected chi connectivity index (χ3v) is 11.9. The molecule has 0 saturated carbocycles. The van der Waals surface area contributed by atoms with Crippen LogP contribution in [-0.2, 0) is 6.42 Å². The first-order chi connectivity index (χ1) is 20.2. The van der Waals surface area contributed by atoms with Crippen LogP contribution in [0.4, 0.5) is 0 Å². The highest BCUT2D eigenvalue weighted by Crippen LogP contribution is 2.57. The van der Waals surface area contributed by atoms with E-state index in [2.05, 4.69) is 69.8 Å². The normalized spacial score (nSPS) is 41.3. The highest BCUT2D eigenvalue weighted by Gasteiger charge is 2.69. The maximum atomic E-state index is 13.1. The number of piperidine rings is 1. The Morgan fingerprint density at radius 1 is 0.976 bits per heavy atom. The molecule has 0 radical (unpaired) electrons. The predicted molar refractivity (Wildman–Crippen MR) is 173 cm³/mol. The fourth-order valence-corrected chi connectivity index (χ4v) is 10.4. The number of allylic oxidation sites excluding steroid dienone is 3. The van der Waals surface area contributed by atoms with Gasteiger partial charge in [-0.15, -0.1) is 0 Å². The molecular formula is C37H53N4O+. The molecule has 226 valence electrons. The summed E-state index contributed by atoms with van der Waals surface area (Å²) in [7, 11) is 0. The second-order valence-corrected chi connectivity index (χ2v) is 14.2. The van der Waals surface area contributed by atoms with Crippen LogP contribution in [0.3, 0.4) is 0 Å². The fraction of sp³-hybridized carbons (Fsp3) is 0.622. The van der Waals surface area contributed by atoms with Gasteiger partial charge >= 0.3 is 0 Å². The minimum atomic E-state index is -0.796. The van der Waals surface area contributed by atoms with Crippen LogP contribution in [0, 0.1) is 11.3 Å². The summed E-state index contributed by atoms with van der Waals surface area (Å²) in [6.45, 7) is 5.73. The van der Waals surface area contributed by atoms with Gasteiger partial charge in [-0.1, -0.05) is 43.9 Å². The number of aromatic nitrogens is 1. The number of H-pyrrole nitrogens is 1. The molecule has 6 aliphatic rings. The van der Waals surface area contributed by atoms with Gasteiger partial charge in [-0.05, 0) is 113 Å². The van der Waals surface area contributed by atoms with E-state index >= 15 is 0 Å².